The van der Waals surface area contributed by atoms with Gasteiger partial charge in [-0.25, -0.2) is 0 Å². The Morgan fingerprint density at radius 1 is 0.697 bits per heavy atom. The third-order valence-electron chi connectivity index (χ3n) is 5.81. The van der Waals surface area contributed by atoms with Crippen molar-refractivity contribution in [2.45, 2.75) is 39.4 Å². The second kappa shape index (κ2) is 9.18. The van der Waals surface area contributed by atoms with Gasteiger partial charge in [-0.05, 0) is 34.4 Å². The predicted octanol–water partition coefficient (Wildman–Crippen LogP) is 6.83. The lowest BCUT2D eigenvalue weighted by atomic mass is 9.94. The maximum Gasteiger partial charge on any atom is 0.171 e. The Kier molecular flexibility index (Phi) is 6.49. The fourth-order valence-electron chi connectivity index (χ4n) is 4.32. The van der Waals surface area contributed by atoms with E-state index in [-0.39, 0.29) is 5.92 Å². The second-order valence-electron chi connectivity index (χ2n) is 9.83. The first-order chi connectivity index (χ1) is 15.7. The topological polar surface area (TPSA) is 17.1 Å². The molecule has 33 heavy (non-hydrogen) atoms. The van der Waals surface area contributed by atoms with Gasteiger partial charge in [0, 0.05) is 21.5 Å². The van der Waals surface area contributed by atoms with Crippen molar-refractivity contribution in [1.29, 1.82) is 0 Å². The van der Waals surface area contributed by atoms with Gasteiger partial charge in [0.2, 0.25) is 0 Å². The minimum absolute atomic E-state index is 0.213. The minimum atomic E-state index is -3.06. The molecule has 0 amide bonds. The molecular formula is C30H31OPSi. The van der Waals surface area contributed by atoms with Crippen molar-refractivity contribution in [1.82, 2.24) is 0 Å². The molecule has 0 radical (unpaired) electrons. The molecule has 0 bridgehead atoms. The highest BCUT2D eigenvalue weighted by Crippen LogP contribution is 2.46. The zero-order valence-corrected chi connectivity index (χ0v) is 22.0. The van der Waals surface area contributed by atoms with Crippen LogP contribution in [-0.4, -0.2) is 8.07 Å². The summed E-state index contributed by atoms with van der Waals surface area (Å²) in [5.41, 5.74) is 5.72. The Labute approximate surface area is 199 Å². The van der Waals surface area contributed by atoms with Gasteiger partial charge in [-0.2, -0.15) is 0 Å². The molecule has 4 aromatic carbocycles. The highest BCUT2D eigenvalue weighted by atomic mass is 31.2. The van der Waals surface area contributed by atoms with Crippen LogP contribution in [0.4, 0.5) is 0 Å². The van der Waals surface area contributed by atoms with Gasteiger partial charge in [0.15, 0.2) is 7.14 Å². The van der Waals surface area contributed by atoms with Crippen LogP contribution in [-0.2, 0) is 4.57 Å². The molecule has 0 aliphatic rings. The molecule has 3 heteroatoms. The predicted molar refractivity (Wildman–Crippen MR) is 148 cm³/mol. The van der Waals surface area contributed by atoms with Crippen LogP contribution in [0.5, 0.6) is 0 Å². The maximum absolute atomic E-state index is 15.1. The number of fused-ring (bicyclic) bond motifs is 1. The van der Waals surface area contributed by atoms with E-state index in [4.69, 9.17) is 0 Å². The molecule has 0 atom stereocenters. The van der Waals surface area contributed by atoms with E-state index >= 15 is 4.57 Å². The van der Waals surface area contributed by atoms with Crippen LogP contribution < -0.4 is 15.9 Å². The van der Waals surface area contributed by atoms with E-state index in [0.29, 0.717) is 0 Å². The highest BCUT2D eigenvalue weighted by Gasteiger charge is 2.33. The van der Waals surface area contributed by atoms with Crippen LogP contribution in [0.25, 0.3) is 10.8 Å². The summed E-state index contributed by atoms with van der Waals surface area (Å²) in [5, 5.41) is 4.96. The molecular weight excluding hydrogens is 435 g/mol. The highest BCUT2D eigenvalue weighted by molar-refractivity contribution is 7.85. The Morgan fingerprint density at radius 3 is 1.79 bits per heavy atom. The van der Waals surface area contributed by atoms with Gasteiger partial charge in [-0.15, -0.1) is 5.54 Å². The quantitative estimate of drug-likeness (QED) is 0.183. The SMILES string of the molecule is CC(C)c1c(P(=O)(c2ccccc2)c2ccccc2)ccc2c(C#C[Si](C)(C)C)cccc12. The van der Waals surface area contributed by atoms with Crippen molar-refractivity contribution in [3.63, 3.8) is 0 Å². The van der Waals surface area contributed by atoms with Crippen LogP contribution in [0, 0.1) is 11.5 Å². The van der Waals surface area contributed by atoms with Crippen molar-refractivity contribution in [3.05, 3.63) is 102 Å². The van der Waals surface area contributed by atoms with E-state index < -0.39 is 15.2 Å². The summed E-state index contributed by atoms with van der Waals surface area (Å²) >= 11 is 0. The second-order valence-corrected chi connectivity index (χ2v) is 17.3. The Morgan fingerprint density at radius 2 is 1.27 bits per heavy atom. The third kappa shape index (κ3) is 4.63. The van der Waals surface area contributed by atoms with E-state index in [1.165, 1.54) is 0 Å². The minimum Gasteiger partial charge on any atom is -0.309 e. The average Bonchev–Trinajstić information content (AvgIpc) is 2.82. The largest absolute Gasteiger partial charge is 0.309 e. The number of benzene rings is 4. The monoisotopic (exact) mass is 466 g/mol. The molecule has 0 N–H and O–H groups in total. The van der Waals surface area contributed by atoms with Gasteiger partial charge >= 0.3 is 0 Å². The van der Waals surface area contributed by atoms with Gasteiger partial charge in [0.1, 0.15) is 8.07 Å². The van der Waals surface area contributed by atoms with E-state index in [2.05, 4.69) is 75.3 Å². The lowest BCUT2D eigenvalue weighted by Gasteiger charge is -2.25. The van der Waals surface area contributed by atoms with Gasteiger partial charge in [-0.1, -0.05) is 118 Å². The fourth-order valence-corrected chi connectivity index (χ4v) is 7.87. The fraction of sp³-hybridized carbons (Fsp3) is 0.200. The van der Waals surface area contributed by atoms with Crippen molar-refractivity contribution in [2.24, 2.45) is 0 Å². The smallest absolute Gasteiger partial charge is 0.171 e. The molecule has 0 aliphatic heterocycles. The standard InChI is InChI=1S/C30H31OPSi/c1-23(2)30-28-18-12-13-24(21-22-33(3,4)5)27(28)19-20-29(30)32(31,25-14-8-6-9-15-25)26-16-10-7-11-17-26/h6-20,23H,1-5H3. The molecule has 0 unspecified atom stereocenters. The summed E-state index contributed by atoms with van der Waals surface area (Å²) in [6.07, 6.45) is 0. The summed E-state index contributed by atoms with van der Waals surface area (Å²) in [4.78, 5) is 0. The van der Waals surface area contributed by atoms with E-state index in [9.17, 15) is 0 Å². The molecule has 4 rings (SSSR count). The van der Waals surface area contributed by atoms with Gasteiger partial charge in [0.05, 0.1) is 0 Å². The van der Waals surface area contributed by atoms with Crippen molar-refractivity contribution in [2.75, 3.05) is 0 Å². The van der Waals surface area contributed by atoms with Crippen LogP contribution in [0.15, 0.2) is 91.0 Å². The van der Waals surface area contributed by atoms with E-state index in [1.54, 1.807) is 0 Å². The van der Waals surface area contributed by atoms with E-state index in [1.807, 2.05) is 60.7 Å². The zero-order valence-electron chi connectivity index (χ0n) is 20.1. The molecule has 0 heterocycles. The summed E-state index contributed by atoms with van der Waals surface area (Å²) in [6, 6.07) is 30.4. The summed E-state index contributed by atoms with van der Waals surface area (Å²) in [5.74, 6) is 3.67. The molecule has 166 valence electrons. The maximum atomic E-state index is 15.1. The molecule has 0 fully saturated rings. The first-order valence-electron chi connectivity index (χ1n) is 11.5. The van der Waals surface area contributed by atoms with Crippen LogP contribution in [0.2, 0.25) is 19.6 Å². The molecule has 1 nitrogen and oxygen atoms in total. The van der Waals surface area contributed by atoms with Crippen molar-refractivity contribution >= 4 is 41.9 Å². The van der Waals surface area contributed by atoms with Crippen molar-refractivity contribution < 1.29 is 4.57 Å². The van der Waals surface area contributed by atoms with Gasteiger partial charge in [-0.3, -0.25) is 0 Å². The van der Waals surface area contributed by atoms with Crippen LogP contribution >= 0.6 is 7.14 Å². The Hall–Kier alpha value is -2.85. The third-order valence-corrected chi connectivity index (χ3v) is 9.80. The van der Waals surface area contributed by atoms with E-state index in [0.717, 1.165) is 37.8 Å². The van der Waals surface area contributed by atoms with Gasteiger partial charge < -0.3 is 4.57 Å². The lowest BCUT2D eigenvalue weighted by Crippen LogP contribution is -2.28. The summed E-state index contributed by atoms with van der Waals surface area (Å²) in [7, 11) is -4.56. The van der Waals surface area contributed by atoms with Crippen LogP contribution in [0.3, 0.4) is 0 Å². The van der Waals surface area contributed by atoms with Crippen LogP contribution in [0.1, 0.15) is 30.9 Å². The summed E-state index contributed by atoms with van der Waals surface area (Å²) in [6.45, 7) is 11.2. The molecule has 0 saturated heterocycles. The molecule has 0 aliphatic carbocycles. The number of hydrogen-bond donors (Lipinski definition) is 0. The Bertz CT molecular complexity index is 1340. The normalized spacial score (nSPS) is 11.9. The first-order valence-corrected chi connectivity index (χ1v) is 16.7. The number of hydrogen-bond acceptors (Lipinski definition) is 1. The molecule has 0 spiro atoms. The van der Waals surface area contributed by atoms with Gasteiger partial charge in [0.25, 0.3) is 0 Å². The molecule has 0 aromatic heterocycles. The summed E-state index contributed by atoms with van der Waals surface area (Å²) < 4.78 is 15.1. The molecule has 4 aromatic rings. The average molecular weight is 467 g/mol. The zero-order chi connectivity index (χ0) is 23.6. The Balaban J connectivity index is 2.07. The number of rotatable bonds is 4. The van der Waals surface area contributed by atoms with Crippen molar-refractivity contribution in [3.8, 4) is 11.5 Å². The lowest BCUT2D eigenvalue weighted by molar-refractivity contribution is 0.592. The molecule has 0 saturated carbocycles. The first kappa shape index (κ1) is 23.3.